The standard InChI is InChI=1S/C20H19N7/c1-12-6-14(7-15-3-2-13(9-21)10-23-15)8-16(12)20-26-25-18-11-24-19-17(27(18)20)4-5-22-19/h2-5,10-12,14,16,22H,6-8H2,1H3/t12-,14-,16+/m1/s1. The molecule has 0 radical (unpaired) electrons. The van der Waals surface area contributed by atoms with E-state index in [2.05, 4.69) is 42.5 Å². The highest BCUT2D eigenvalue weighted by Gasteiger charge is 2.35. The number of rotatable bonds is 3. The Balaban J connectivity index is 1.43. The second-order valence-electron chi connectivity index (χ2n) is 7.50. The van der Waals surface area contributed by atoms with Crippen molar-refractivity contribution in [1.82, 2.24) is 29.5 Å². The molecule has 4 aromatic heterocycles. The summed E-state index contributed by atoms with van der Waals surface area (Å²) in [7, 11) is 0. The molecule has 0 saturated heterocycles. The van der Waals surface area contributed by atoms with Gasteiger partial charge in [0, 0.05) is 24.0 Å². The Hall–Kier alpha value is -3.27. The Morgan fingerprint density at radius 2 is 2.11 bits per heavy atom. The van der Waals surface area contributed by atoms with Crippen LogP contribution >= 0.6 is 0 Å². The fourth-order valence-electron chi connectivity index (χ4n) is 4.45. The second kappa shape index (κ2) is 6.16. The van der Waals surface area contributed by atoms with E-state index in [1.165, 1.54) is 0 Å². The number of aromatic nitrogens is 6. The number of aromatic amines is 1. The molecule has 1 fully saturated rings. The maximum Gasteiger partial charge on any atom is 0.179 e. The third-order valence-electron chi connectivity index (χ3n) is 5.73. The first-order chi connectivity index (χ1) is 13.2. The van der Waals surface area contributed by atoms with E-state index in [4.69, 9.17) is 5.26 Å². The van der Waals surface area contributed by atoms with Crippen LogP contribution in [-0.2, 0) is 6.42 Å². The summed E-state index contributed by atoms with van der Waals surface area (Å²) >= 11 is 0. The van der Waals surface area contributed by atoms with Crippen molar-refractivity contribution >= 4 is 16.8 Å². The molecule has 4 aromatic rings. The molecule has 27 heavy (non-hydrogen) atoms. The zero-order valence-corrected chi connectivity index (χ0v) is 15.0. The Morgan fingerprint density at radius 3 is 2.93 bits per heavy atom. The molecule has 1 aliphatic carbocycles. The first kappa shape index (κ1) is 15.9. The lowest BCUT2D eigenvalue weighted by Crippen LogP contribution is -2.08. The van der Waals surface area contributed by atoms with Gasteiger partial charge in [0.2, 0.25) is 0 Å². The minimum absolute atomic E-state index is 0.365. The van der Waals surface area contributed by atoms with Crippen LogP contribution < -0.4 is 0 Å². The molecule has 0 spiro atoms. The second-order valence-corrected chi connectivity index (χ2v) is 7.50. The molecule has 0 amide bonds. The third-order valence-corrected chi connectivity index (χ3v) is 5.73. The molecule has 3 atom stereocenters. The monoisotopic (exact) mass is 357 g/mol. The third kappa shape index (κ3) is 2.65. The van der Waals surface area contributed by atoms with Crippen molar-refractivity contribution in [2.24, 2.45) is 11.8 Å². The first-order valence-corrected chi connectivity index (χ1v) is 9.25. The van der Waals surface area contributed by atoms with Crippen LogP contribution in [0, 0.1) is 23.2 Å². The molecule has 1 saturated carbocycles. The molecular formula is C20H19N7. The predicted octanol–water partition coefficient (Wildman–Crippen LogP) is 3.24. The van der Waals surface area contributed by atoms with Crippen LogP contribution in [0.4, 0.5) is 0 Å². The van der Waals surface area contributed by atoms with Gasteiger partial charge in [0.15, 0.2) is 11.3 Å². The van der Waals surface area contributed by atoms with Crippen LogP contribution in [0.15, 0.2) is 36.8 Å². The van der Waals surface area contributed by atoms with Gasteiger partial charge in [-0.1, -0.05) is 6.92 Å². The minimum atomic E-state index is 0.365. The molecule has 0 aromatic carbocycles. The van der Waals surface area contributed by atoms with Gasteiger partial charge >= 0.3 is 0 Å². The largest absolute Gasteiger partial charge is 0.345 e. The lowest BCUT2D eigenvalue weighted by Gasteiger charge is -2.13. The number of nitrogens with one attached hydrogen (secondary N) is 1. The van der Waals surface area contributed by atoms with Gasteiger partial charge in [-0.05, 0) is 49.3 Å². The van der Waals surface area contributed by atoms with Gasteiger partial charge in [-0.3, -0.25) is 9.38 Å². The molecule has 1 aliphatic rings. The Kier molecular flexibility index (Phi) is 3.64. The van der Waals surface area contributed by atoms with E-state index in [1.807, 2.05) is 24.4 Å². The zero-order chi connectivity index (χ0) is 18.4. The van der Waals surface area contributed by atoms with Gasteiger partial charge < -0.3 is 4.98 Å². The summed E-state index contributed by atoms with van der Waals surface area (Å²) in [6.45, 7) is 2.30. The molecule has 7 heteroatoms. The van der Waals surface area contributed by atoms with E-state index in [-0.39, 0.29) is 0 Å². The van der Waals surface area contributed by atoms with Gasteiger partial charge in [-0.15, -0.1) is 10.2 Å². The first-order valence-electron chi connectivity index (χ1n) is 9.25. The van der Waals surface area contributed by atoms with Gasteiger partial charge in [0.05, 0.1) is 17.3 Å². The smallest absolute Gasteiger partial charge is 0.179 e. The quantitative estimate of drug-likeness (QED) is 0.607. The van der Waals surface area contributed by atoms with Crippen molar-refractivity contribution in [2.45, 2.75) is 32.1 Å². The molecule has 0 bridgehead atoms. The highest BCUT2D eigenvalue weighted by Crippen LogP contribution is 2.43. The van der Waals surface area contributed by atoms with E-state index in [0.29, 0.717) is 23.3 Å². The van der Waals surface area contributed by atoms with Crippen LogP contribution in [0.1, 0.15) is 42.8 Å². The van der Waals surface area contributed by atoms with Crippen molar-refractivity contribution in [3.63, 3.8) is 0 Å². The van der Waals surface area contributed by atoms with E-state index in [1.54, 1.807) is 12.4 Å². The van der Waals surface area contributed by atoms with Crippen LogP contribution in [0.3, 0.4) is 0 Å². The lowest BCUT2D eigenvalue weighted by atomic mass is 9.97. The highest BCUT2D eigenvalue weighted by molar-refractivity contribution is 5.74. The summed E-state index contributed by atoms with van der Waals surface area (Å²) in [5, 5.41) is 17.8. The lowest BCUT2D eigenvalue weighted by molar-refractivity contribution is 0.498. The molecule has 4 heterocycles. The van der Waals surface area contributed by atoms with Crippen molar-refractivity contribution in [1.29, 1.82) is 5.26 Å². The predicted molar refractivity (Wildman–Crippen MR) is 99.9 cm³/mol. The molecule has 1 N–H and O–H groups in total. The summed E-state index contributed by atoms with van der Waals surface area (Å²) in [6, 6.07) is 7.97. The fraction of sp³-hybridized carbons (Fsp3) is 0.350. The van der Waals surface area contributed by atoms with E-state index < -0.39 is 0 Å². The maximum atomic E-state index is 8.92. The minimum Gasteiger partial charge on any atom is -0.345 e. The molecule has 7 nitrogen and oxygen atoms in total. The normalized spacial score (nSPS) is 22.4. The average Bonchev–Trinajstić information content (AvgIpc) is 3.39. The van der Waals surface area contributed by atoms with Crippen LogP contribution in [-0.4, -0.2) is 29.5 Å². The van der Waals surface area contributed by atoms with Crippen LogP contribution in [0.2, 0.25) is 0 Å². The number of fused-ring (bicyclic) bond motifs is 3. The number of hydrogen-bond acceptors (Lipinski definition) is 5. The van der Waals surface area contributed by atoms with Crippen LogP contribution in [0.5, 0.6) is 0 Å². The molecule has 5 rings (SSSR count). The van der Waals surface area contributed by atoms with Crippen molar-refractivity contribution < 1.29 is 0 Å². The number of nitrogens with zero attached hydrogens (tertiary/aromatic N) is 6. The van der Waals surface area contributed by atoms with E-state index in [9.17, 15) is 0 Å². The SMILES string of the molecule is C[C@@H]1C[C@H](Cc2ccc(C#N)cn2)C[C@@H]1c1nnc2cnc3[nH]ccc3n12. The van der Waals surface area contributed by atoms with Crippen LogP contribution in [0.25, 0.3) is 16.8 Å². The summed E-state index contributed by atoms with van der Waals surface area (Å²) in [6.07, 6.45) is 8.48. The number of H-pyrrole nitrogens is 1. The Morgan fingerprint density at radius 1 is 1.19 bits per heavy atom. The maximum absolute atomic E-state index is 8.92. The molecule has 0 aliphatic heterocycles. The molecule has 134 valence electrons. The number of hydrogen-bond donors (Lipinski definition) is 1. The summed E-state index contributed by atoms with van der Waals surface area (Å²) < 4.78 is 2.14. The fourth-order valence-corrected chi connectivity index (χ4v) is 4.45. The van der Waals surface area contributed by atoms with Gasteiger partial charge in [-0.25, -0.2) is 4.98 Å². The van der Waals surface area contributed by atoms with Gasteiger partial charge in [-0.2, -0.15) is 5.26 Å². The van der Waals surface area contributed by atoms with Crippen molar-refractivity contribution in [3.8, 4) is 6.07 Å². The Labute approximate surface area is 156 Å². The number of pyridine rings is 1. The van der Waals surface area contributed by atoms with Crippen molar-refractivity contribution in [3.05, 3.63) is 53.9 Å². The van der Waals surface area contributed by atoms with Gasteiger partial charge in [0.25, 0.3) is 0 Å². The summed E-state index contributed by atoms with van der Waals surface area (Å²) in [4.78, 5) is 12.0. The van der Waals surface area contributed by atoms with Gasteiger partial charge in [0.1, 0.15) is 11.9 Å². The highest BCUT2D eigenvalue weighted by atomic mass is 15.3. The summed E-state index contributed by atoms with van der Waals surface area (Å²) in [5.74, 6) is 2.48. The average molecular weight is 357 g/mol. The topological polar surface area (TPSA) is 95.5 Å². The van der Waals surface area contributed by atoms with Crippen molar-refractivity contribution in [2.75, 3.05) is 0 Å². The zero-order valence-electron chi connectivity index (χ0n) is 15.0. The number of nitriles is 1. The Bertz CT molecular complexity index is 1150. The van der Waals surface area contributed by atoms with E-state index >= 15 is 0 Å². The molecule has 0 unspecified atom stereocenters. The molecular weight excluding hydrogens is 338 g/mol. The summed E-state index contributed by atoms with van der Waals surface area (Å²) in [5.41, 5.74) is 4.33. The van der Waals surface area contributed by atoms with E-state index in [0.717, 1.165) is 47.6 Å².